The molecule has 19 heavy (non-hydrogen) atoms. The number of halogens is 1. The van der Waals surface area contributed by atoms with Gasteiger partial charge in [0.05, 0.1) is 31.0 Å². The van der Waals surface area contributed by atoms with E-state index >= 15 is 0 Å². The molecule has 0 amide bonds. The largest absolute Gasteiger partial charge is 0.365 e. The Morgan fingerprint density at radius 1 is 1.32 bits per heavy atom. The van der Waals surface area contributed by atoms with Crippen LogP contribution in [-0.2, 0) is 9.47 Å². The number of ether oxygens (including phenoxy) is 2. The molecule has 0 saturated carbocycles. The van der Waals surface area contributed by atoms with Crippen LogP contribution in [0.15, 0.2) is 18.2 Å². The molecule has 0 aromatic heterocycles. The Labute approximate surface area is 117 Å². The third-order valence-electron chi connectivity index (χ3n) is 3.65. The fraction of sp³-hybridized carbons (Fsp3) is 0.500. The van der Waals surface area contributed by atoms with Crippen LogP contribution in [0, 0.1) is 11.3 Å². The molecule has 2 aliphatic rings. The Morgan fingerprint density at radius 2 is 2.11 bits per heavy atom. The van der Waals surface area contributed by atoms with E-state index in [0.717, 1.165) is 25.1 Å². The summed E-state index contributed by atoms with van der Waals surface area (Å²) in [7, 11) is 0. The van der Waals surface area contributed by atoms with Gasteiger partial charge < -0.3 is 14.4 Å². The summed E-state index contributed by atoms with van der Waals surface area (Å²) in [5.41, 5.74) is 1.51. The molecule has 4 nitrogen and oxygen atoms in total. The summed E-state index contributed by atoms with van der Waals surface area (Å²) in [5, 5.41) is 9.86. The Kier molecular flexibility index (Phi) is 3.36. The van der Waals surface area contributed by atoms with Gasteiger partial charge in [-0.15, -0.1) is 0 Å². The number of benzene rings is 1. The first kappa shape index (κ1) is 12.7. The Hall–Kier alpha value is -1.28. The van der Waals surface area contributed by atoms with Gasteiger partial charge in [-0.05, 0) is 24.6 Å². The van der Waals surface area contributed by atoms with Crippen molar-refractivity contribution in [2.75, 3.05) is 31.2 Å². The standard InChI is InChI=1S/C14H15ClN2O2/c15-12-3-2-11(9-16)13(8-12)17-5-1-4-14(10-17)18-6-7-19-14/h2-3,8H,1,4-7,10H2. The van der Waals surface area contributed by atoms with E-state index in [0.29, 0.717) is 30.3 Å². The van der Waals surface area contributed by atoms with Crippen LogP contribution in [0.1, 0.15) is 18.4 Å². The second-order valence-corrected chi connectivity index (χ2v) is 5.34. The first-order valence-corrected chi connectivity index (χ1v) is 6.83. The van der Waals surface area contributed by atoms with Gasteiger partial charge in [0, 0.05) is 18.0 Å². The summed E-state index contributed by atoms with van der Waals surface area (Å²) in [6.45, 7) is 2.84. The second-order valence-electron chi connectivity index (χ2n) is 4.91. The van der Waals surface area contributed by atoms with Crippen molar-refractivity contribution in [3.05, 3.63) is 28.8 Å². The van der Waals surface area contributed by atoms with Crippen LogP contribution >= 0.6 is 11.6 Å². The lowest BCUT2D eigenvalue weighted by Gasteiger charge is -2.40. The van der Waals surface area contributed by atoms with Crippen LogP contribution < -0.4 is 4.90 Å². The maximum Gasteiger partial charge on any atom is 0.186 e. The van der Waals surface area contributed by atoms with Gasteiger partial charge in [0.2, 0.25) is 0 Å². The first-order chi connectivity index (χ1) is 9.22. The van der Waals surface area contributed by atoms with Gasteiger partial charge in [-0.1, -0.05) is 11.6 Å². The molecule has 1 spiro atoms. The summed E-state index contributed by atoms with van der Waals surface area (Å²) >= 11 is 6.05. The van der Waals surface area contributed by atoms with Crippen molar-refractivity contribution >= 4 is 17.3 Å². The van der Waals surface area contributed by atoms with Gasteiger partial charge >= 0.3 is 0 Å². The average Bonchev–Trinajstić information content (AvgIpc) is 2.86. The quantitative estimate of drug-likeness (QED) is 0.792. The number of hydrogen-bond acceptors (Lipinski definition) is 4. The Bertz CT molecular complexity index is 521. The number of nitrogens with zero attached hydrogens (tertiary/aromatic N) is 2. The molecule has 0 aliphatic carbocycles. The van der Waals surface area contributed by atoms with Crippen LogP contribution in [0.4, 0.5) is 5.69 Å². The molecule has 3 rings (SSSR count). The highest BCUT2D eigenvalue weighted by Crippen LogP contribution is 2.34. The Balaban J connectivity index is 1.89. The van der Waals surface area contributed by atoms with Gasteiger partial charge in [0.15, 0.2) is 5.79 Å². The minimum Gasteiger partial charge on any atom is -0.365 e. The molecular formula is C14H15ClN2O2. The highest BCUT2D eigenvalue weighted by Gasteiger charge is 2.41. The van der Waals surface area contributed by atoms with Crippen LogP contribution in [0.5, 0.6) is 0 Å². The smallest absolute Gasteiger partial charge is 0.186 e. The lowest BCUT2D eigenvalue weighted by molar-refractivity contribution is -0.161. The van der Waals surface area contributed by atoms with Crippen LogP contribution in [0.2, 0.25) is 5.02 Å². The summed E-state index contributed by atoms with van der Waals surface area (Å²) in [5.74, 6) is -0.493. The summed E-state index contributed by atoms with van der Waals surface area (Å²) < 4.78 is 11.5. The molecule has 2 aliphatic heterocycles. The number of hydrogen-bond donors (Lipinski definition) is 0. The van der Waals surface area contributed by atoms with E-state index in [1.807, 2.05) is 6.07 Å². The van der Waals surface area contributed by atoms with Gasteiger partial charge in [-0.2, -0.15) is 5.26 Å². The van der Waals surface area contributed by atoms with Crippen molar-refractivity contribution in [3.8, 4) is 6.07 Å². The lowest BCUT2D eigenvalue weighted by Crippen LogP contribution is -2.49. The number of piperidine rings is 1. The monoisotopic (exact) mass is 278 g/mol. The lowest BCUT2D eigenvalue weighted by atomic mass is 10.0. The maximum absolute atomic E-state index is 9.21. The molecule has 1 aromatic carbocycles. The van der Waals surface area contributed by atoms with Crippen LogP contribution in [0.3, 0.4) is 0 Å². The van der Waals surface area contributed by atoms with Crippen molar-refractivity contribution in [1.82, 2.24) is 0 Å². The topological polar surface area (TPSA) is 45.5 Å². The molecular weight excluding hydrogens is 264 g/mol. The van der Waals surface area contributed by atoms with E-state index in [2.05, 4.69) is 11.0 Å². The van der Waals surface area contributed by atoms with E-state index in [1.54, 1.807) is 12.1 Å². The van der Waals surface area contributed by atoms with Crippen LogP contribution in [0.25, 0.3) is 0 Å². The molecule has 5 heteroatoms. The fourth-order valence-corrected chi connectivity index (χ4v) is 2.95. The zero-order valence-electron chi connectivity index (χ0n) is 10.6. The minimum atomic E-state index is -0.493. The molecule has 2 heterocycles. The SMILES string of the molecule is N#Cc1ccc(Cl)cc1N1CCCC2(C1)OCCO2. The van der Waals surface area contributed by atoms with E-state index in [1.165, 1.54) is 0 Å². The van der Waals surface area contributed by atoms with E-state index in [9.17, 15) is 5.26 Å². The minimum absolute atomic E-state index is 0.493. The summed E-state index contributed by atoms with van der Waals surface area (Å²) in [6, 6.07) is 7.56. The summed E-state index contributed by atoms with van der Waals surface area (Å²) in [4.78, 5) is 2.14. The zero-order valence-corrected chi connectivity index (χ0v) is 11.3. The molecule has 0 unspecified atom stereocenters. The second kappa shape index (κ2) is 5.01. The molecule has 2 saturated heterocycles. The molecule has 0 bridgehead atoms. The van der Waals surface area contributed by atoms with E-state index < -0.39 is 5.79 Å². The third kappa shape index (κ3) is 2.42. The maximum atomic E-state index is 9.21. The van der Waals surface area contributed by atoms with Gasteiger partial charge in [0.25, 0.3) is 0 Å². The van der Waals surface area contributed by atoms with Crippen LogP contribution in [-0.4, -0.2) is 32.1 Å². The molecule has 0 atom stereocenters. The first-order valence-electron chi connectivity index (χ1n) is 6.45. The average molecular weight is 279 g/mol. The van der Waals surface area contributed by atoms with Crippen molar-refractivity contribution in [1.29, 1.82) is 5.26 Å². The van der Waals surface area contributed by atoms with Crippen molar-refractivity contribution < 1.29 is 9.47 Å². The van der Waals surface area contributed by atoms with Crippen molar-refractivity contribution in [2.45, 2.75) is 18.6 Å². The van der Waals surface area contributed by atoms with Crippen molar-refractivity contribution in [2.24, 2.45) is 0 Å². The van der Waals surface area contributed by atoms with Gasteiger partial charge in [0.1, 0.15) is 6.07 Å². The van der Waals surface area contributed by atoms with E-state index in [4.69, 9.17) is 21.1 Å². The van der Waals surface area contributed by atoms with Gasteiger partial charge in [-0.3, -0.25) is 0 Å². The highest BCUT2D eigenvalue weighted by molar-refractivity contribution is 6.30. The summed E-state index contributed by atoms with van der Waals surface area (Å²) in [6.07, 6.45) is 1.89. The number of nitriles is 1. The molecule has 100 valence electrons. The molecule has 0 N–H and O–H groups in total. The predicted octanol–water partition coefficient (Wildman–Crippen LogP) is 2.55. The molecule has 2 fully saturated rings. The predicted molar refractivity (Wildman–Crippen MR) is 72.2 cm³/mol. The zero-order chi connectivity index (χ0) is 13.3. The van der Waals surface area contributed by atoms with Gasteiger partial charge in [-0.25, -0.2) is 0 Å². The van der Waals surface area contributed by atoms with E-state index in [-0.39, 0.29) is 0 Å². The third-order valence-corrected chi connectivity index (χ3v) is 3.89. The molecule has 1 aromatic rings. The van der Waals surface area contributed by atoms with Crippen molar-refractivity contribution in [3.63, 3.8) is 0 Å². The highest BCUT2D eigenvalue weighted by atomic mass is 35.5. The normalized spacial score (nSPS) is 21.6. The number of anilines is 1. The number of rotatable bonds is 1. The fourth-order valence-electron chi connectivity index (χ4n) is 2.79. The Morgan fingerprint density at radius 3 is 2.84 bits per heavy atom. The molecule has 0 radical (unpaired) electrons.